The number of fused-ring (bicyclic) bond motifs is 1. The van der Waals surface area contributed by atoms with Crippen molar-refractivity contribution in [1.82, 2.24) is 9.97 Å². The summed E-state index contributed by atoms with van der Waals surface area (Å²) < 4.78 is 0. The highest BCUT2D eigenvalue weighted by Crippen LogP contribution is 2.33. The number of aromatic nitrogens is 2. The highest BCUT2D eigenvalue weighted by molar-refractivity contribution is 5.89. The number of nitriles is 1. The maximum absolute atomic E-state index is 8.77. The van der Waals surface area contributed by atoms with Crippen molar-refractivity contribution in [3.05, 3.63) is 30.6 Å². The summed E-state index contributed by atoms with van der Waals surface area (Å²) >= 11 is 0. The standard InChI is InChI=1S/C14H14N4/c15-8-3-9-18(11-6-7-11)14-12-4-1-2-5-13(12)16-10-17-14/h1-2,4-5,10-11H,3,6-7,9H2. The fraction of sp³-hybridized carbons (Fsp3) is 0.357. The van der Waals surface area contributed by atoms with Crippen LogP contribution in [0.3, 0.4) is 0 Å². The summed E-state index contributed by atoms with van der Waals surface area (Å²) in [4.78, 5) is 11.0. The molecule has 4 heteroatoms. The first-order valence-electron chi connectivity index (χ1n) is 6.23. The van der Waals surface area contributed by atoms with Crippen LogP contribution in [0.2, 0.25) is 0 Å². The Hall–Kier alpha value is -2.15. The smallest absolute Gasteiger partial charge is 0.140 e. The molecule has 1 fully saturated rings. The number of hydrogen-bond donors (Lipinski definition) is 0. The average Bonchev–Trinajstić information content (AvgIpc) is 3.24. The summed E-state index contributed by atoms with van der Waals surface area (Å²) in [6.45, 7) is 0.752. The molecule has 0 saturated heterocycles. The molecule has 3 rings (SSSR count). The van der Waals surface area contributed by atoms with Gasteiger partial charge in [-0.15, -0.1) is 0 Å². The van der Waals surface area contributed by atoms with Gasteiger partial charge in [-0.3, -0.25) is 0 Å². The Morgan fingerprint density at radius 3 is 2.89 bits per heavy atom. The van der Waals surface area contributed by atoms with Crippen molar-refractivity contribution in [1.29, 1.82) is 5.26 Å². The molecule has 0 N–H and O–H groups in total. The molecule has 0 spiro atoms. The van der Waals surface area contributed by atoms with Gasteiger partial charge in [-0.1, -0.05) is 12.1 Å². The van der Waals surface area contributed by atoms with Gasteiger partial charge in [0, 0.05) is 18.0 Å². The predicted octanol–water partition coefficient (Wildman–Crippen LogP) is 2.51. The first kappa shape index (κ1) is 11.0. The van der Waals surface area contributed by atoms with Crippen molar-refractivity contribution in [3.8, 4) is 6.07 Å². The van der Waals surface area contributed by atoms with E-state index in [9.17, 15) is 0 Å². The molecule has 0 atom stereocenters. The summed E-state index contributed by atoms with van der Waals surface area (Å²) in [5.41, 5.74) is 0.963. The summed E-state index contributed by atoms with van der Waals surface area (Å²) in [5, 5.41) is 9.84. The van der Waals surface area contributed by atoms with Gasteiger partial charge in [-0.05, 0) is 25.0 Å². The molecule has 1 aromatic heterocycles. The van der Waals surface area contributed by atoms with Crippen LogP contribution in [-0.2, 0) is 0 Å². The van der Waals surface area contributed by atoms with Crippen LogP contribution in [0.4, 0.5) is 5.82 Å². The van der Waals surface area contributed by atoms with Gasteiger partial charge in [-0.25, -0.2) is 9.97 Å². The van der Waals surface area contributed by atoms with E-state index in [1.165, 1.54) is 12.8 Å². The zero-order valence-corrected chi connectivity index (χ0v) is 10.1. The van der Waals surface area contributed by atoms with Crippen LogP contribution in [0, 0.1) is 11.3 Å². The zero-order valence-electron chi connectivity index (χ0n) is 10.1. The topological polar surface area (TPSA) is 52.8 Å². The van der Waals surface area contributed by atoms with Gasteiger partial charge in [-0.2, -0.15) is 5.26 Å². The quantitative estimate of drug-likeness (QED) is 0.821. The average molecular weight is 238 g/mol. The lowest BCUT2D eigenvalue weighted by Gasteiger charge is -2.23. The molecule has 1 aliphatic carbocycles. The van der Waals surface area contributed by atoms with Crippen molar-refractivity contribution in [2.75, 3.05) is 11.4 Å². The van der Waals surface area contributed by atoms with E-state index in [0.29, 0.717) is 12.5 Å². The Morgan fingerprint density at radius 2 is 2.11 bits per heavy atom. The van der Waals surface area contributed by atoms with E-state index in [4.69, 9.17) is 5.26 Å². The van der Waals surface area contributed by atoms with Gasteiger partial charge in [0.1, 0.15) is 12.1 Å². The summed E-state index contributed by atoms with van der Waals surface area (Å²) in [6.07, 6.45) is 4.54. The van der Waals surface area contributed by atoms with Crippen molar-refractivity contribution in [2.24, 2.45) is 0 Å². The van der Waals surface area contributed by atoms with E-state index in [1.54, 1.807) is 6.33 Å². The summed E-state index contributed by atoms with van der Waals surface area (Å²) in [5.74, 6) is 0.971. The van der Waals surface area contributed by atoms with Crippen LogP contribution in [0.15, 0.2) is 30.6 Å². The lowest BCUT2D eigenvalue weighted by Crippen LogP contribution is -2.27. The van der Waals surface area contributed by atoms with Crippen LogP contribution < -0.4 is 4.90 Å². The second-order valence-corrected chi connectivity index (χ2v) is 4.55. The summed E-state index contributed by atoms with van der Waals surface area (Å²) in [6, 6.07) is 10.8. The Kier molecular flexibility index (Phi) is 2.81. The zero-order chi connectivity index (χ0) is 12.4. The van der Waals surface area contributed by atoms with E-state index < -0.39 is 0 Å². The highest BCUT2D eigenvalue weighted by atomic mass is 15.2. The number of benzene rings is 1. The van der Waals surface area contributed by atoms with Gasteiger partial charge < -0.3 is 4.90 Å². The maximum atomic E-state index is 8.77. The number of para-hydroxylation sites is 1. The number of rotatable bonds is 4. The van der Waals surface area contributed by atoms with Crippen LogP contribution in [-0.4, -0.2) is 22.6 Å². The molecule has 18 heavy (non-hydrogen) atoms. The molecule has 4 nitrogen and oxygen atoms in total. The molecule has 1 heterocycles. The van der Waals surface area contributed by atoms with Crippen LogP contribution in [0.5, 0.6) is 0 Å². The number of nitrogens with zero attached hydrogens (tertiary/aromatic N) is 4. The van der Waals surface area contributed by atoms with Crippen molar-refractivity contribution in [2.45, 2.75) is 25.3 Å². The fourth-order valence-corrected chi connectivity index (χ4v) is 2.24. The minimum absolute atomic E-state index is 0.537. The van der Waals surface area contributed by atoms with E-state index in [1.807, 2.05) is 24.3 Å². The third kappa shape index (κ3) is 2.00. The molecule has 1 saturated carbocycles. The minimum atomic E-state index is 0.537. The van der Waals surface area contributed by atoms with Gasteiger partial charge in [0.2, 0.25) is 0 Å². The number of anilines is 1. The molecule has 1 aromatic carbocycles. The number of hydrogen-bond acceptors (Lipinski definition) is 4. The van der Waals surface area contributed by atoms with Crippen LogP contribution in [0.25, 0.3) is 10.9 Å². The lowest BCUT2D eigenvalue weighted by atomic mass is 10.2. The maximum Gasteiger partial charge on any atom is 0.140 e. The Bertz CT molecular complexity index is 593. The van der Waals surface area contributed by atoms with Crippen molar-refractivity contribution in [3.63, 3.8) is 0 Å². The van der Waals surface area contributed by atoms with E-state index in [0.717, 1.165) is 23.3 Å². The third-order valence-corrected chi connectivity index (χ3v) is 3.25. The van der Waals surface area contributed by atoms with Gasteiger partial charge >= 0.3 is 0 Å². The molecule has 0 bridgehead atoms. The first-order chi connectivity index (χ1) is 8.90. The molecule has 0 unspecified atom stereocenters. The Morgan fingerprint density at radius 1 is 1.28 bits per heavy atom. The van der Waals surface area contributed by atoms with Crippen molar-refractivity contribution < 1.29 is 0 Å². The highest BCUT2D eigenvalue weighted by Gasteiger charge is 2.30. The molecule has 0 amide bonds. The van der Waals surface area contributed by atoms with Gasteiger partial charge in [0.25, 0.3) is 0 Å². The molecule has 0 radical (unpaired) electrons. The van der Waals surface area contributed by atoms with Crippen molar-refractivity contribution >= 4 is 16.7 Å². The second-order valence-electron chi connectivity index (χ2n) is 4.55. The fourth-order valence-electron chi connectivity index (χ4n) is 2.24. The SMILES string of the molecule is N#CCCN(c1ncnc2ccccc12)C1CC1. The first-order valence-corrected chi connectivity index (χ1v) is 6.23. The molecular formula is C14H14N4. The van der Waals surface area contributed by atoms with Crippen LogP contribution >= 0.6 is 0 Å². The van der Waals surface area contributed by atoms with E-state index in [-0.39, 0.29) is 0 Å². The predicted molar refractivity (Wildman–Crippen MR) is 70.1 cm³/mol. The Labute approximate surface area is 106 Å². The molecule has 1 aliphatic rings. The van der Waals surface area contributed by atoms with E-state index >= 15 is 0 Å². The molecular weight excluding hydrogens is 224 g/mol. The molecule has 90 valence electrons. The van der Waals surface area contributed by atoms with Crippen LogP contribution in [0.1, 0.15) is 19.3 Å². The Balaban J connectivity index is 2.03. The monoisotopic (exact) mass is 238 g/mol. The second kappa shape index (κ2) is 4.61. The largest absolute Gasteiger partial charge is 0.352 e. The normalized spacial score (nSPS) is 14.4. The van der Waals surface area contributed by atoms with Gasteiger partial charge in [0.05, 0.1) is 18.0 Å². The minimum Gasteiger partial charge on any atom is -0.352 e. The van der Waals surface area contributed by atoms with E-state index in [2.05, 4.69) is 20.9 Å². The molecule has 2 aromatic rings. The lowest BCUT2D eigenvalue weighted by molar-refractivity contribution is 0.780. The molecule has 0 aliphatic heterocycles. The third-order valence-electron chi connectivity index (χ3n) is 3.25. The van der Waals surface area contributed by atoms with Gasteiger partial charge in [0.15, 0.2) is 0 Å². The summed E-state index contributed by atoms with van der Waals surface area (Å²) in [7, 11) is 0.